The number of alkyl halides is 3. The standard InChI is InChI=1S/C7H7F3N2O.2ClH/c8-7(9,10)13-6-1-5(2-11)3-12-4-6;;/h1,3-4H,2,11H2;2*1H. The molecule has 0 aliphatic carbocycles. The van der Waals surface area contributed by atoms with Crippen molar-refractivity contribution in [1.82, 2.24) is 4.98 Å². The monoisotopic (exact) mass is 264 g/mol. The molecule has 0 radical (unpaired) electrons. The number of hydrogen-bond acceptors (Lipinski definition) is 3. The number of pyridine rings is 1. The van der Waals surface area contributed by atoms with E-state index in [0.717, 1.165) is 6.20 Å². The number of rotatable bonds is 2. The molecule has 0 spiro atoms. The van der Waals surface area contributed by atoms with Crippen LogP contribution in [-0.2, 0) is 6.54 Å². The van der Waals surface area contributed by atoms with Crippen molar-refractivity contribution in [1.29, 1.82) is 0 Å². The Morgan fingerprint density at radius 3 is 2.33 bits per heavy atom. The molecule has 0 atom stereocenters. The molecule has 0 aromatic carbocycles. The van der Waals surface area contributed by atoms with Gasteiger partial charge >= 0.3 is 6.36 Å². The van der Waals surface area contributed by atoms with Crippen LogP contribution in [0.15, 0.2) is 18.5 Å². The van der Waals surface area contributed by atoms with Crippen molar-refractivity contribution in [3.05, 3.63) is 24.0 Å². The average Bonchev–Trinajstić information content (AvgIpc) is 2.01. The zero-order chi connectivity index (χ0) is 9.90. The lowest BCUT2D eigenvalue weighted by molar-refractivity contribution is -0.274. The van der Waals surface area contributed by atoms with Crippen molar-refractivity contribution in [3.8, 4) is 5.75 Å². The van der Waals surface area contributed by atoms with Crippen molar-refractivity contribution in [2.45, 2.75) is 12.9 Å². The summed E-state index contributed by atoms with van der Waals surface area (Å²) in [5, 5.41) is 0. The van der Waals surface area contributed by atoms with E-state index in [9.17, 15) is 13.2 Å². The van der Waals surface area contributed by atoms with Crippen molar-refractivity contribution >= 4 is 24.8 Å². The summed E-state index contributed by atoms with van der Waals surface area (Å²) >= 11 is 0. The number of nitrogens with two attached hydrogens (primary N) is 1. The highest BCUT2D eigenvalue weighted by atomic mass is 35.5. The maximum absolute atomic E-state index is 11.7. The van der Waals surface area contributed by atoms with Crippen LogP contribution in [0.1, 0.15) is 5.56 Å². The smallest absolute Gasteiger partial charge is 0.404 e. The number of nitrogens with zero attached hydrogens (tertiary/aromatic N) is 1. The lowest BCUT2D eigenvalue weighted by Crippen LogP contribution is -2.17. The van der Waals surface area contributed by atoms with Gasteiger partial charge in [-0.05, 0) is 11.6 Å². The predicted molar refractivity (Wildman–Crippen MR) is 53.3 cm³/mol. The summed E-state index contributed by atoms with van der Waals surface area (Å²) in [6.45, 7) is 0.127. The lowest BCUT2D eigenvalue weighted by atomic mass is 10.3. The number of hydrogen-bond donors (Lipinski definition) is 1. The van der Waals surface area contributed by atoms with Crippen molar-refractivity contribution in [3.63, 3.8) is 0 Å². The molecule has 0 aliphatic rings. The second-order valence-corrected chi connectivity index (χ2v) is 2.28. The first-order valence-corrected chi connectivity index (χ1v) is 3.41. The minimum Gasteiger partial charge on any atom is -0.404 e. The van der Waals surface area contributed by atoms with Gasteiger partial charge in [-0.2, -0.15) is 0 Å². The predicted octanol–water partition coefficient (Wildman–Crippen LogP) is 2.28. The van der Waals surface area contributed by atoms with Crippen LogP contribution in [0.3, 0.4) is 0 Å². The first-order chi connectivity index (χ1) is 6.01. The maximum Gasteiger partial charge on any atom is 0.573 e. The fraction of sp³-hybridized carbons (Fsp3) is 0.286. The Hall–Kier alpha value is -0.720. The van der Waals surface area contributed by atoms with E-state index in [4.69, 9.17) is 5.73 Å². The summed E-state index contributed by atoms with van der Waals surface area (Å²) in [5.41, 5.74) is 5.69. The van der Waals surface area contributed by atoms with E-state index in [1.54, 1.807) is 0 Å². The third kappa shape index (κ3) is 6.38. The molecular weight excluding hydrogens is 256 g/mol. The maximum atomic E-state index is 11.7. The molecule has 1 aromatic heterocycles. The van der Waals surface area contributed by atoms with Crippen LogP contribution in [-0.4, -0.2) is 11.3 Å². The van der Waals surface area contributed by atoms with Crippen molar-refractivity contribution < 1.29 is 17.9 Å². The van der Waals surface area contributed by atoms with E-state index in [1.165, 1.54) is 12.3 Å². The molecule has 1 rings (SSSR count). The van der Waals surface area contributed by atoms with E-state index < -0.39 is 6.36 Å². The van der Waals surface area contributed by atoms with E-state index in [2.05, 4.69) is 9.72 Å². The first-order valence-electron chi connectivity index (χ1n) is 3.41. The molecule has 8 heteroatoms. The van der Waals surface area contributed by atoms with E-state index in [-0.39, 0.29) is 37.1 Å². The molecular formula is C7H9Cl2F3N2O. The van der Waals surface area contributed by atoms with Gasteiger partial charge in [0.05, 0.1) is 6.20 Å². The molecule has 1 aromatic rings. The van der Waals surface area contributed by atoms with Crippen LogP contribution < -0.4 is 10.5 Å². The highest BCUT2D eigenvalue weighted by Gasteiger charge is 2.31. The highest BCUT2D eigenvalue weighted by Crippen LogP contribution is 2.22. The Labute approximate surface area is 96.6 Å². The van der Waals surface area contributed by atoms with Gasteiger partial charge < -0.3 is 10.5 Å². The van der Waals surface area contributed by atoms with Crippen LogP contribution >= 0.6 is 24.8 Å². The minimum absolute atomic E-state index is 0. The average molecular weight is 265 g/mol. The molecule has 3 nitrogen and oxygen atoms in total. The van der Waals surface area contributed by atoms with E-state index in [0.29, 0.717) is 5.56 Å². The number of ether oxygens (including phenoxy) is 1. The fourth-order valence-corrected chi connectivity index (χ4v) is 0.765. The Balaban J connectivity index is 0. The van der Waals surface area contributed by atoms with Crippen LogP contribution in [0.25, 0.3) is 0 Å². The van der Waals surface area contributed by atoms with Gasteiger partial charge in [0.25, 0.3) is 0 Å². The van der Waals surface area contributed by atoms with Gasteiger partial charge in [0.15, 0.2) is 0 Å². The molecule has 15 heavy (non-hydrogen) atoms. The van der Waals surface area contributed by atoms with Crippen LogP contribution in [0.5, 0.6) is 5.75 Å². The summed E-state index contributed by atoms with van der Waals surface area (Å²) in [6, 6.07) is 1.19. The van der Waals surface area contributed by atoms with Gasteiger partial charge in [-0.25, -0.2) is 0 Å². The number of halogens is 5. The first kappa shape index (κ1) is 16.7. The van der Waals surface area contributed by atoms with Gasteiger partial charge in [0.1, 0.15) is 5.75 Å². The normalized spacial score (nSPS) is 9.87. The van der Waals surface area contributed by atoms with E-state index >= 15 is 0 Å². The van der Waals surface area contributed by atoms with Crippen molar-refractivity contribution in [2.75, 3.05) is 0 Å². The zero-order valence-corrected chi connectivity index (χ0v) is 8.96. The molecule has 0 unspecified atom stereocenters. The van der Waals surface area contributed by atoms with Crippen LogP contribution in [0, 0.1) is 0 Å². The Kier molecular flexibility index (Phi) is 7.47. The highest BCUT2D eigenvalue weighted by molar-refractivity contribution is 5.85. The molecule has 88 valence electrons. The van der Waals surface area contributed by atoms with Gasteiger partial charge in [-0.15, -0.1) is 38.0 Å². The second kappa shape index (κ2) is 6.71. The fourth-order valence-electron chi connectivity index (χ4n) is 0.765. The molecule has 0 amide bonds. The molecule has 0 saturated heterocycles. The van der Waals surface area contributed by atoms with Gasteiger partial charge in [-0.1, -0.05) is 0 Å². The molecule has 0 aliphatic heterocycles. The second-order valence-electron chi connectivity index (χ2n) is 2.28. The summed E-state index contributed by atoms with van der Waals surface area (Å²) in [6.07, 6.45) is -2.33. The summed E-state index contributed by atoms with van der Waals surface area (Å²) < 4.78 is 38.7. The largest absolute Gasteiger partial charge is 0.573 e. The van der Waals surface area contributed by atoms with Crippen molar-refractivity contribution in [2.24, 2.45) is 5.73 Å². The third-order valence-corrected chi connectivity index (χ3v) is 1.24. The quantitative estimate of drug-likeness (QED) is 0.892. The van der Waals surface area contributed by atoms with Crippen LogP contribution in [0.4, 0.5) is 13.2 Å². The minimum atomic E-state index is -4.69. The molecule has 2 N–H and O–H groups in total. The summed E-state index contributed by atoms with van der Waals surface area (Å²) in [4.78, 5) is 3.53. The SMILES string of the molecule is Cl.Cl.NCc1cncc(OC(F)(F)F)c1. The third-order valence-electron chi connectivity index (χ3n) is 1.24. The van der Waals surface area contributed by atoms with Crippen LogP contribution in [0.2, 0.25) is 0 Å². The molecule has 1 heterocycles. The Bertz CT molecular complexity index is 296. The summed E-state index contributed by atoms with van der Waals surface area (Å²) in [5.74, 6) is -0.351. The van der Waals surface area contributed by atoms with Gasteiger partial charge in [0, 0.05) is 12.7 Å². The lowest BCUT2D eigenvalue weighted by Gasteiger charge is -2.08. The van der Waals surface area contributed by atoms with Gasteiger partial charge in [-0.3, -0.25) is 4.98 Å². The molecule has 0 fully saturated rings. The Morgan fingerprint density at radius 2 is 1.87 bits per heavy atom. The van der Waals surface area contributed by atoms with E-state index in [1.807, 2.05) is 0 Å². The zero-order valence-electron chi connectivity index (χ0n) is 7.32. The molecule has 0 bridgehead atoms. The number of aromatic nitrogens is 1. The molecule has 0 saturated carbocycles. The topological polar surface area (TPSA) is 48.1 Å². The Morgan fingerprint density at radius 1 is 1.27 bits per heavy atom. The van der Waals surface area contributed by atoms with Gasteiger partial charge in [0.2, 0.25) is 0 Å². The summed E-state index contributed by atoms with van der Waals surface area (Å²) in [7, 11) is 0.